The van der Waals surface area contributed by atoms with E-state index in [0.717, 1.165) is 42.4 Å². The minimum absolute atomic E-state index is 0.140. The van der Waals surface area contributed by atoms with Crippen LogP contribution in [-0.2, 0) is 4.79 Å². The maximum atomic E-state index is 12.7. The zero-order chi connectivity index (χ0) is 15.2. The number of carbonyl (C=O) groups excluding carboxylic acids is 1. The maximum Gasteiger partial charge on any atom is 0.406 e. The molecule has 0 atom stereocenters. The number of amides is 1. The summed E-state index contributed by atoms with van der Waals surface area (Å²) in [4.78, 5) is 13.7. The Morgan fingerprint density at radius 2 is 1.57 bits per heavy atom. The standard InChI is InChI=1S/C15H21BrF3NO/c16-1-2-20(8-15(17,18)19)14(21)13-11-4-9-3-10(6-11)7-12(13)5-9/h9-13H,1-8H2. The second kappa shape index (κ2) is 5.74. The molecular formula is C15H21BrF3NO. The van der Waals surface area contributed by atoms with Crippen LogP contribution >= 0.6 is 15.9 Å². The Balaban J connectivity index is 1.73. The van der Waals surface area contributed by atoms with Crippen molar-refractivity contribution in [3.63, 3.8) is 0 Å². The fraction of sp³-hybridized carbons (Fsp3) is 0.933. The first-order chi connectivity index (χ1) is 9.87. The molecule has 4 rings (SSSR count). The fourth-order valence-corrected chi connectivity index (χ4v) is 5.55. The van der Waals surface area contributed by atoms with E-state index in [9.17, 15) is 18.0 Å². The lowest BCUT2D eigenvalue weighted by molar-refractivity contribution is -0.171. The van der Waals surface area contributed by atoms with Crippen molar-refractivity contribution >= 4 is 21.8 Å². The van der Waals surface area contributed by atoms with Crippen LogP contribution in [0.1, 0.15) is 32.1 Å². The van der Waals surface area contributed by atoms with Crippen molar-refractivity contribution < 1.29 is 18.0 Å². The predicted octanol–water partition coefficient (Wildman–Crippen LogP) is 3.84. The highest BCUT2D eigenvalue weighted by Crippen LogP contribution is 2.56. The first kappa shape index (κ1) is 15.6. The smallest absolute Gasteiger partial charge is 0.332 e. The average molecular weight is 368 g/mol. The lowest BCUT2D eigenvalue weighted by Crippen LogP contribution is -2.53. The van der Waals surface area contributed by atoms with Crippen LogP contribution < -0.4 is 0 Å². The summed E-state index contributed by atoms with van der Waals surface area (Å²) in [5.41, 5.74) is 0. The Morgan fingerprint density at radius 1 is 1.05 bits per heavy atom. The fourth-order valence-electron chi connectivity index (χ4n) is 5.12. The highest BCUT2D eigenvalue weighted by molar-refractivity contribution is 9.09. The summed E-state index contributed by atoms with van der Waals surface area (Å²) in [7, 11) is 0. The number of carbonyl (C=O) groups is 1. The van der Waals surface area contributed by atoms with Crippen molar-refractivity contribution in [2.24, 2.45) is 29.6 Å². The number of rotatable bonds is 4. The molecule has 0 aromatic heterocycles. The summed E-state index contributed by atoms with van der Waals surface area (Å²) in [6.07, 6.45) is 1.18. The number of hydrogen-bond acceptors (Lipinski definition) is 1. The molecule has 0 radical (unpaired) electrons. The van der Waals surface area contributed by atoms with E-state index in [4.69, 9.17) is 0 Å². The molecule has 1 amide bonds. The molecule has 0 aliphatic heterocycles. The summed E-state index contributed by atoms with van der Waals surface area (Å²) in [5.74, 6) is 1.71. The van der Waals surface area contributed by atoms with Crippen LogP contribution in [0.2, 0.25) is 0 Å². The third kappa shape index (κ3) is 3.25. The molecule has 0 saturated heterocycles. The molecule has 120 valence electrons. The third-order valence-electron chi connectivity index (χ3n) is 5.55. The van der Waals surface area contributed by atoms with E-state index in [1.54, 1.807) is 0 Å². The Morgan fingerprint density at radius 3 is 2.00 bits per heavy atom. The quantitative estimate of drug-likeness (QED) is 0.691. The van der Waals surface area contributed by atoms with Gasteiger partial charge in [-0.1, -0.05) is 15.9 Å². The Labute approximate surface area is 131 Å². The van der Waals surface area contributed by atoms with Gasteiger partial charge in [-0.2, -0.15) is 13.2 Å². The molecule has 0 aromatic carbocycles. The van der Waals surface area contributed by atoms with Gasteiger partial charge in [0.2, 0.25) is 5.91 Å². The first-order valence-corrected chi connectivity index (χ1v) is 8.91. The molecule has 4 aliphatic carbocycles. The van der Waals surface area contributed by atoms with Crippen LogP contribution in [0.4, 0.5) is 13.2 Å². The van der Waals surface area contributed by atoms with Gasteiger partial charge in [0.1, 0.15) is 6.54 Å². The molecular weight excluding hydrogens is 347 g/mol. The normalized spacial score (nSPS) is 37.8. The van der Waals surface area contributed by atoms with Gasteiger partial charge in [0.15, 0.2) is 0 Å². The lowest BCUT2D eigenvalue weighted by Gasteiger charge is -2.54. The van der Waals surface area contributed by atoms with Gasteiger partial charge in [-0.25, -0.2) is 0 Å². The zero-order valence-electron chi connectivity index (χ0n) is 11.9. The minimum Gasteiger partial charge on any atom is -0.332 e. The van der Waals surface area contributed by atoms with Gasteiger partial charge in [-0.3, -0.25) is 4.79 Å². The largest absolute Gasteiger partial charge is 0.406 e. The highest BCUT2D eigenvalue weighted by Gasteiger charge is 2.52. The van der Waals surface area contributed by atoms with Crippen molar-refractivity contribution in [2.75, 3.05) is 18.4 Å². The molecule has 0 heterocycles. The molecule has 4 fully saturated rings. The molecule has 4 bridgehead atoms. The Hall–Kier alpha value is -0.260. The van der Waals surface area contributed by atoms with Crippen molar-refractivity contribution in [2.45, 2.75) is 38.3 Å². The molecule has 0 N–H and O–H groups in total. The topological polar surface area (TPSA) is 20.3 Å². The highest BCUT2D eigenvalue weighted by atomic mass is 79.9. The van der Waals surface area contributed by atoms with E-state index in [1.807, 2.05) is 0 Å². The predicted molar refractivity (Wildman–Crippen MR) is 77.0 cm³/mol. The van der Waals surface area contributed by atoms with E-state index < -0.39 is 12.7 Å². The second-order valence-corrected chi connectivity index (χ2v) is 7.81. The van der Waals surface area contributed by atoms with Gasteiger partial charge >= 0.3 is 6.18 Å². The summed E-state index contributed by atoms with van der Waals surface area (Å²) in [6, 6.07) is 0. The number of nitrogens with zero attached hydrogens (tertiary/aromatic N) is 1. The number of alkyl halides is 4. The monoisotopic (exact) mass is 367 g/mol. The van der Waals surface area contributed by atoms with Gasteiger partial charge in [-0.05, 0) is 55.8 Å². The van der Waals surface area contributed by atoms with Crippen molar-refractivity contribution in [3.8, 4) is 0 Å². The minimum atomic E-state index is -4.32. The van der Waals surface area contributed by atoms with Crippen LogP contribution in [-0.4, -0.2) is 35.4 Å². The molecule has 4 aliphatic rings. The van der Waals surface area contributed by atoms with Crippen molar-refractivity contribution in [1.29, 1.82) is 0 Å². The summed E-state index contributed by atoms with van der Waals surface area (Å²) >= 11 is 3.17. The van der Waals surface area contributed by atoms with Crippen LogP contribution in [0.15, 0.2) is 0 Å². The second-order valence-electron chi connectivity index (χ2n) is 7.02. The summed E-state index contributed by atoms with van der Waals surface area (Å²) in [6.45, 7) is -0.971. The molecule has 2 nitrogen and oxygen atoms in total. The molecule has 6 heteroatoms. The van der Waals surface area contributed by atoms with Crippen LogP contribution in [0.25, 0.3) is 0 Å². The molecule has 0 aromatic rings. The van der Waals surface area contributed by atoms with E-state index in [1.165, 1.54) is 6.42 Å². The lowest BCUT2D eigenvalue weighted by atomic mass is 9.51. The van der Waals surface area contributed by atoms with Gasteiger partial charge < -0.3 is 4.90 Å². The van der Waals surface area contributed by atoms with Gasteiger partial charge in [-0.15, -0.1) is 0 Å². The Kier molecular flexibility index (Phi) is 4.27. The zero-order valence-corrected chi connectivity index (χ0v) is 13.5. The van der Waals surface area contributed by atoms with Crippen molar-refractivity contribution in [3.05, 3.63) is 0 Å². The van der Waals surface area contributed by atoms with E-state index in [0.29, 0.717) is 17.2 Å². The van der Waals surface area contributed by atoms with E-state index in [-0.39, 0.29) is 18.4 Å². The van der Waals surface area contributed by atoms with E-state index >= 15 is 0 Å². The van der Waals surface area contributed by atoms with Gasteiger partial charge in [0.05, 0.1) is 0 Å². The van der Waals surface area contributed by atoms with Gasteiger partial charge in [0.25, 0.3) is 0 Å². The summed E-state index contributed by atoms with van der Waals surface area (Å²) in [5, 5.41) is 0.391. The Bertz CT molecular complexity index is 384. The van der Waals surface area contributed by atoms with Gasteiger partial charge in [0, 0.05) is 17.8 Å². The van der Waals surface area contributed by atoms with Crippen LogP contribution in [0, 0.1) is 29.6 Å². The molecule has 21 heavy (non-hydrogen) atoms. The first-order valence-electron chi connectivity index (χ1n) is 7.79. The van der Waals surface area contributed by atoms with E-state index in [2.05, 4.69) is 15.9 Å². The van der Waals surface area contributed by atoms with Crippen LogP contribution in [0.5, 0.6) is 0 Å². The molecule has 4 saturated carbocycles. The average Bonchev–Trinajstić information content (AvgIpc) is 2.35. The molecule has 0 spiro atoms. The molecule has 0 unspecified atom stereocenters. The SMILES string of the molecule is O=C(C1C2CC3CC(C2)CC1C3)N(CCBr)CC(F)(F)F. The third-order valence-corrected chi connectivity index (χ3v) is 5.90. The van der Waals surface area contributed by atoms with Crippen molar-refractivity contribution in [1.82, 2.24) is 4.90 Å². The van der Waals surface area contributed by atoms with Crippen LogP contribution in [0.3, 0.4) is 0 Å². The summed E-state index contributed by atoms with van der Waals surface area (Å²) < 4.78 is 38.1. The number of hydrogen-bond donors (Lipinski definition) is 0. The maximum absolute atomic E-state index is 12.7. The number of halogens is 4.